The summed E-state index contributed by atoms with van der Waals surface area (Å²) in [6.45, 7) is 2.00. The second-order valence-corrected chi connectivity index (χ2v) is 8.69. The summed E-state index contributed by atoms with van der Waals surface area (Å²) in [6, 6.07) is 13.2. The van der Waals surface area contributed by atoms with Gasteiger partial charge in [0.15, 0.2) is 5.82 Å². The number of aryl methyl sites for hydroxylation is 1. The molecule has 0 aliphatic carbocycles. The maximum absolute atomic E-state index is 6.41. The number of aromatic amines is 1. The molecule has 11 nitrogen and oxygen atoms in total. The quantitative estimate of drug-likeness (QED) is 0.365. The van der Waals surface area contributed by atoms with Crippen molar-refractivity contribution in [2.75, 3.05) is 5.73 Å². The summed E-state index contributed by atoms with van der Waals surface area (Å²) in [6.07, 6.45) is 5.38. The normalized spacial score (nSPS) is 12.3. The molecule has 0 fully saturated rings. The van der Waals surface area contributed by atoms with E-state index in [0.717, 1.165) is 22.2 Å². The highest BCUT2D eigenvalue weighted by Gasteiger charge is 2.21. The van der Waals surface area contributed by atoms with Crippen LogP contribution < -0.4 is 5.73 Å². The predicted octanol–water partition coefficient (Wildman–Crippen LogP) is 3.92. The van der Waals surface area contributed by atoms with Crippen LogP contribution in [0.4, 0.5) is 5.82 Å². The summed E-state index contributed by atoms with van der Waals surface area (Å²) in [5.74, 6) is 0.222. The molecule has 178 valence electrons. The van der Waals surface area contributed by atoms with Crippen molar-refractivity contribution in [2.24, 2.45) is 7.05 Å². The number of nitrogen functional groups attached to an aromatic ring is 1. The molecule has 1 aromatic carbocycles. The molecular formula is C24H20ClN11. The molecule has 5 aromatic heterocycles. The second-order valence-electron chi connectivity index (χ2n) is 8.31. The zero-order chi connectivity index (χ0) is 24.8. The summed E-state index contributed by atoms with van der Waals surface area (Å²) in [7, 11) is 1.84. The maximum atomic E-state index is 6.41. The van der Waals surface area contributed by atoms with Crippen molar-refractivity contribution in [1.29, 1.82) is 0 Å². The first-order chi connectivity index (χ1) is 17.5. The fourth-order valence-electron chi connectivity index (χ4n) is 4.02. The summed E-state index contributed by atoms with van der Waals surface area (Å²) < 4.78 is 3.42. The van der Waals surface area contributed by atoms with Crippen molar-refractivity contribution < 1.29 is 0 Å². The molecule has 0 radical (unpaired) electrons. The fourth-order valence-corrected chi connectivity index (χ4v) is 4.21. The van der Waals surface area contributed by atoms with E-state index >= 15 is 0 Å². The highest BCUT2D eigenvalue weighted by atomic mass is 35.5. The Morgan fingerprint density at radius 2 is 1.92 bits per heavy atom. The number of aromatic nitrogens is 10. The molecule has 1 unspecified atom stereocenters. The van der Waals surface area contributed by atoms with Crippen LogP contribution in [-0.2, 0) is 7.05 Å². The minimum Gasteiger partial charge on any atom is -0.382 e. The molecule has 6 rings (SSSR count). The Morgan fingerprint density at radius 1 is 1.03 bits per heavy atom. The van der Waals surface area contributed by atoms with Crippen molar-refractivity contribution >= 4 is 28.3 Å². The summed E-state index contributed by atoms with van der Waals surface area (Å²) >= 11 is 6.31. The maximum Gasteiger partial charge on any atom is 0.152 e. The van der Waals surface area contributed by atoms with Gasteiger partial charge < -0.3 is 5.73 Å². The predicted molar refractivity (Wildman–Crippen MR) is 136 cm³/mol. The van der Waals surface area contributed by atoms with E-state index in [1.807, 2.05) is 62.6 Å². The van der Waals surface area contributed by atoms with Gasteiger partial charge in [-0.3, -0.25) is 14.8 Å². The molecule has 12 heteroatoms. The minimum absolute atomic E-state index is 0.125. The lowest BCUT2D eigenvalue weighted by Crippen LogP contribution is -2.08. The molecule has 6 aromatic rings. The number of H-pyrrole nitrogens is 1. The first kappa shape index (κ1) is 21.9. The van der Waals surface area contributed by atoms with Crippen molar-refractivity contribution in [3.05, 3.63) is 71.9 Å². The van der Waals surface area contributed by atoms with Crippen LogP contribution in [0.25, 0.3) is 44.9 Å². The summed E-state index contributed by atoms with van der Waals surface area (Å²) in [4.78, 5) is 14.0. The monoisotopic (exact) mass is 497 g/mol. The Hall–Kier alpha value is -4.64. The smallest absolute Gasteiger partial charge is 0.152 e. The number of nitrogens with one attached hydrogen (secondary N) is 1. The number of hydrogen-bond acceptors (Lipinski definition) is 8. The van der Waals surface area contributed by atoms with Gasteiger partial charge in [-0.1, -0.05) is 28.9 Å². The van der Waals surface area contributed by atoms with E-state index in [0.29, 0.717) is 33.6 Å². The van der Waals surface area contributed by atoms with E-state index in [4.69, 9.17) is 27.3 Å². The molecule has 0 saturated heterocycles. The zero-order valence-corrected chi connectivity index (χ0v) is 20.1. The van der Waals surface area contributed by atoms with Gasteiger partial charge in [-0.25, -0.2) is 14.6 Å². The van der Waals surface area contributed by atoms with Gasteiger partial charge in [-0.15, -0.1) is 5.10 Å². The number of hydrogen-bond donors (Lipinski definition) is 2. The zero-order valence-electron chi connectivity index (χ0n) is 19.3. The van der Waals surface area contributed by atoms with Crippen molar-refractivity contribution in [1.82, 2.24) is 49.9 Å². The lowest BCUT2D eigenvalue weighted by atomic mass is 10.1. The molecule has 0 aliphatic heterocycles. The van der Waals surface area contributed by atoms with Crippen molar-refractivity contribution in [2.45, 2.75) is 13.0 Å². The van der Waals surface area contributed by atoms with Crippen molar-refractivity contribution in [3.63, 3.8) is 0 Å². The Balaban J connectivity index is 1.49. The minimum atomic E-state index is -0.125. The number of fused-ring (bicyclic) bond motifs is 1. The molecular weight excluding hydrogens is 478 g/mol. The molecule has 0 amide bonds. The van der Waals surface area contributed by atoms with E-state index in [-0.39, 0.29) is 11.9 Å². The fraction of sp³-hybridized carbons (Fsp3) is 0.125. The van der Waals surface area contributed by atoms with E-state index in [1.165, 1.54) is 0 Å². The van der Waals surface area contributed by atoms with Gasteiger partial charge >= 0.3 is 0 Å². The molecule has 0 spiro atoms. The van der Waals surface area contributed by atoms with Crippen LogP contribution in [0.5, 0.6) is 0 Å². The van der Waals surface area contributed by atoms with Gasteiger partial charge in [-0.2, -0.15) is 10.2 Å². The lowest BCUT2D eigenvalue weighted by molar-refractivity contribution is 0.532. The van der Waals surface area contributed by atoms with Gasteiger partial charge in [0.25, 0.3) is 0 Å². The number of anilines is 1. The van der Waals surface area contributed by atoms with Crippen LogP contribution in [0.3, 0.4) is 0 Å². The molecule has 5 heterocycles. The first-order valence-corrected chi connectivity index (χ1v) is 11.5. The van der Waals surface area contributed by atoms with E-state index in [2.05, 4.69) is 30.6 Å². The van der Waals surface area contributed by atoms with Crippen LogP contribution >= 0.6 is 11.6 Å². The molecule has 1 atom stereocenters. The summed E-state index contributed by atoms with van der Waals surface area (Å²) in [5.41, 5.74) is 11.5. The van der Waals surface area contributed by atoms with Gasteiger partial charge in [0.05, 0.1) is 29.1 Å². The highest BCUT2D eigenvalue weighted by Crippen LogP contribution is 2.35. The van der Waals surface area contributed by atoms with Gasteiger partial charge in [0.2, 0.25) is 0 Å². The number of halogens is 1. The van der Waals surface area contributed by atoms with Gasteiger partial charge in [-0.05, 0) is 37.3 Å². The van der Waals surface area contributed by atoms with E-state index in [9.17, 15) is 0 Å². The molecule has 0 aliphatic rings. The number of benzene rings is 1. The number of rotatable bonds is 5. The van der Waals surface area contributed by atoms with Crippen LogP contribution in [0.1, 0.15) is 18.7 Å². The van der Waals surface area contributed by atoms with Crippen LogP contribution in [0.15, 0.2) is 61.1 Å². The number of pyridine rings is 1. The van der Waals surface area contributed by atoms with Gasteiger partial charge in [0.1, 0.15) is 27.9 Å². The SMILES string of the molecule is CC(c1ccccn1)n1cc(-c2nc(-c3ccc4n[nH]c(Cl)c4c3)c(-c3ccn(C)n3)nc2N)nn1. The van der Waals surface area contributed by atoms with Crippen LogP contribution in [0, 0.1) is 0 Å². The molecule has 0 saturated carbocycles. The molecule has 0 bridgehead atoms. The molecule has 3 N–H and O–H groups in total. The molecule has 36 heavy (non-hydrogen) atoms. The second kappa shape index (κ2) is 8.54. The first-order valence-electron chi connectivity index (χ1n) is 11.1. The third-order valence-electron chi connectivity index (χ3n) is 5.93. The van der Waals surface area contributed by atoms with E-state index < -0.39 is 0 Å². The largest absolute Gasteiger partial charge is 0.382 e. The third kappa shape index (κ3) is 3.75. The van der Waals surface area contributed by atoms with Crippen molar-refractivity contribution in [3.8, 4) is 34.0 Å². The van der Waals surface area contributed by atoms with Crippen LogP contribution in [-0.4, -0.2) is 49.9 Å². The topological polar surface area (TPSA) is 142 Å². The van der Waals surface area contributed by atoms with Crippen LogP contribution in [0.2, 0.25) is 5.15 Å². The summed E-state index contributed by atoms with van der Waals surface area (Å²) in [5, 5.41) is 21.4. The number of nitrogens with two attached hydrogens (primary N) is 1. The Kier molecular flexibility index (Phi) is 5.19. The Morgan fingerprint density at radius 3 is 2.69 bits per heavy atom. The standard InChI is InChI=1S/C24H20ClN11/c1-13(16-5-3-4-9-27-16)36-12-19(31-34-36)22-24(26)29-21(18-8-10-35(2)33-18)20(28-22)14-6-7-17-15(11-14)23(25)32-30-17/h3-13H,1-2H3,(H2,26,29)(H,30,32). The third-order valence-corrected chi connectivity index (χ3v) is 6.21. The average Bonchev–Trinajstić information content (AvgIpc) is 3.64. The Labute approximate surface area is 210 Å². The Bertz CT molecular complexity index is 1700. The van der Waals surface area contributed by atoms with Gasteiger partial charge in [0, 0.05) is 30.4 Å². The van der Waals surface area contributed by atoms with E-state index in [1.54, 1.807) is 21.8 Å². The highest BCUT2D eigenvalue weighted by molar-refractivity contribution is 6.34. The average molecular weight is 498 g/mol. The number of nitrogens with zero attached hydrogens (tertiary/aromatic N) is 9. The lowest BCUT2D eigenvalue weighted by Gasteiger charge is -2.11.